The van der Waals surface area contributed by atoms with Gasteiger partial charge in [-0.3, -0.25) is 0 Å². The van der Waals surface area contributed by atoms with Crippen molar-refractivity contribution in [2.75, 3.05) is 7.11 Å². The summed E-state index contributed by atoms with van der Waals surface area (Å²) in [6, 6.07) is 10.3. The second-order valence-corrected chi connectivity index (χ2v) is 3.28. The molecule has 1 heterocycles. The van der Waals surface area contributed by atoms with E-state index in [4.69, 9.17) is 9.47 Å². The van der Waals surface area contributed by atoms with Crippen molar-refractivity contribution in [2.24, 2.45) is 0 Å². The summed E-state index contributed by atoms with van der Waals surface area (Å²) in [5.41, 5.74) is 1.25. The molecule has 2 atom stereocenters. The Morgan fingerprint density at radius 3 is 2.62 bits per heavy atom. The lowest BCUT2D eigenvalue weighted by atomic mass is 10.1. The third kappa shape index (κ3) is 1.90. The van der Waals surface area contributed by atoms with Gasteiger partial charge in [-0.05, 0) is 12.0 Å². The van der Waals surface area contributed by atoms with Gasteiger partial charge in [0.1, 0.15) is 0 Å². The Hall–Kier alpha value is -0.860. The number of rotatable bonds is 2. The zero-order chi connectivity index (χ0) is 9.10. The SMILES string of the molecule is CO[C@@H]1CC[C@@H](c2ccccc2)O1. The zero-order valence-corrected chi connectivity index (χ0v) is 7.77. The molecule has 1 saturated heterocycles. The number of ether oxygens (including phenoxy) is 2. The zero-order valence-electron chi connectivity index (χ0n) is 7.77. The second kappa shape index (κ2) is 3.90. The molecule has 1 aliphatic rings. The van der Waals surface area contributed by atoms with Crippen molar-refractivity contribution in [3.8, 4) is 0 Å². The van der Waals surface area contributed by atoms with Crippen LogP contribution in [-0.2, 0) is 9.47 Å². The number of methoxy groups -OCH3 is 1. The van der Waals surface area contributed by atoms with Crippen molar-refractivity contribution in [1.29, 1.82) is 0 Å². The van der Waals surface area contributed by atoms with Gasteiger partial charge in [-0.2, -0.15) is 0 Å². The summed E-state index contributed by atoms with van der Waals surface area (Å²) < 4.78 is 10.8. The predicted molar refractivity (Wildman–Crippen MR) is 50.3 cm³/mol. The first kappa shape index (κ1) is 8.73. The van der Waals surface area contributed by atoms with Crippen LogP contribution in [0.5, 0.6) is 0 Å². The molecule has 1 aromatic rings. The lowest BCUT2D eigenvalue weighted by molar-refractivity contribution is -0.115. The van der Waals surface area contributed by atoms with Crippen molar-refractivity contribution in [3.63, 3.8) is 0 Å². The van der Waals surface area contributed by atoms with E-state index in [0.717, 1.165) is 12.8 Å². The van der Waals surface area contributed by atoms with Gasteiger partial charge >= 0.3 is 0 Å². The Bertz CT molecular complexity index is 258. The Balaban J connectivity index is 2.04. The lowest BCUT2D eigenvalue weighted by Gasteiger charge is -2.12. The molecule has 2 heteroatoms. The standard InChI is InChI=1S/C11H14O2/c1-12-11-8-7-10(13-11)9-5-3-2-4-6-9/h2-6,10-11H,7-8H2,1H3/t10-,11-/m0/s1. The molecule has 0 spiro atoms. The van der Waals surface area contributed by atoms with Crippen LogP contribution < -0.4 is 0 Å². The van der Waals surface area contributed by atoms with Gasteiger partial charge in [0, 0.05) is 13.5 Å². The van der Waals surface area contributed by atoms with Gasteiger partial charge in [-0.15, -0.1) is 0 Å². The fraction of sp³-hybridized carbons (Fsp3) is 0.455. The van der Waals surface area contributed by atoms with Crippen molar-refractivity contribution >= 4 is 0 Å². The van der Waals surface area contributed by atoms with Crippen molar-refractivity contribution in [1.82, 2.24) is 0 Å². The van der Waals surface area contributed by atoms with Crippen LogP contribution in [0.3, 0.4) is 0 Å². The van der Waals surface area contributed by atoms with Crippen LogP contribution in [0.15, 0.2) is 30.3 Å². The molecule has 0 aliphatic carbocycles. The summed E-state index contributed by atoms with van der Waals surface area (Å²) in [4.78, 5) is 0. The van der Waals surface area contributed by atoms with E-state index in [9.17, 15) is 0 Å². The van der Waals surface area contributed by atoms with Crippen molar-refractivity contribution in [2.45, 2.75) is 25.2 Å². The molecule has 2 rings (SSSR count). The number of hydrogen-bond donors (Lipinski definition) is 0. The highest BCUT2D eigenvalue weighted by atomic mass is 16.7. The molecule has 13 heavy (non-hydrogen) atoms. The monoisotopic (exact) mass is 178 g/mol. The van der Waals surface area contributed by atoms with Gasteiger partial charge in [0.05, 0.1) is 6.10 Å². The van der Waals surface area contributed by atoms with Crippen LogP contribution in [0.4, 0.5) is 0 Å². The van der Waals surface area contributed by atoms with Crippen LogP contribution in [0.25, 0.3) is 0 Å². The summed E-state index contributed by atoms with van der Waals surface area (Å²) in [6.07, 6.45) is 2.27. The predicted octanol–water partition coefficient (Wildman–Crippen LogP) is 2.51. The third-order valence-corrected chi connectivity index (χ3v) is 2.41. The average molecular weight is 178 g/mol. The molecule has 1 fully saturated rings. The Morgan fingerprint density at radius 1 is 1.23 bits per heavy atom. The molecular weight excluding hydrogens is 164 g/mol. The summed E-state index contributed by atoms with van der Waals surface area (Å²) >= 11 is 0. The van der Waals surface area contributed by atoms with E-state index in [1.807, 2.05) is 18.2 Å². The molecule has 0 bridgehead atoms. The molecule has 1 aliphatic heterocycles. The van der Waals surface area contributed by atoms with Crippen LogP contribution in [0, 0.1) is 0 Å². The minimum atomic E-state index is -0.00907. The summed E-state index contributed by atoms with van der Waals surface area (Å²) in [7, 11) is 1.69. The smallest absolute Gasteiger partial charge is 0.158 e. The van der Waals surface area contributed by atoms with Gasteiger partial charge in [-0.25, -0.2) is 0 Å². The molecule has 0 unspecified atom stereocenters. The lowest BCUT2D eigenvalue weighted by Crippen LogP contribution is -2.08. The summed E-state index contributed by atoms with van der Waals surface area (Å²) in [5, 5.41) is 0. The molecule has 0 saturated carbocycles. The van der Waals surface area contributed by atoms with Gasteiger partial charge in [-0.1, -0.05) is 30.3 Å². The third-order valence-electron chi connectivity index (χ3n) is 2.41. The first-order valence-corrected chi connectivity index (χ1v) is 4.63. The van der Waals surface area contributed by atoms with Crippen LogP contribution >= 0.6 is 0 Å². The topological polar surface area (TPSA) is 18.5 Å². The van der Waals surface area contributed by atoms with E-state index in [1.54, 1.807) is 7.11 Å². The number of hydrogen-bond acceptors (Lipinski definition) is 2. The van der Waals surface area contributed by atoms with Crippen LogP contribution in [0.1, 0.15) is 24.5 Å². The minimum Gasteiger partial charge on any atom is -0.356 e. The van der Waals surface area contributed by atoms with E-state index in [2.05, 4.69) is 12.1 Å². The first-order valence-electron chi connectivity index (χ1n) is 4.63. The van der Waals surface area contributed by atoms with Crippen molar-refractivity contribution < 1.29 is 9.47 Å². The highest BCUT2D eigenvalue weighted by molar-refractivity contribution is 5.18. The van der Waals surface area contributed by atoms with Gasteiger partial charge in [0.25, 0.3) is 0 Å². The van der Waals surface area contributed by atoms with E-state index >= 15 is 0 Å². The molecule has 0 amide bonds. The van der Waals surface area contributed by atoms with E-state index in [-0.39, 0.29) is 12.4 Å². The van der Waals surface area contributed by atoms with Gasteiger partial charge in [0.2, 0.25) is 0 Å². The molecule has 2 nitrogen and oxygen atoms in total. The molecule has 0 radical (unpaired) electrons. The molecule has 0 aromatic heterocycles. The molecular formula is C11H14O2. The average Bonchev–Trinajstić information content (AvgIpc) is 2.67. The number of benzene rings is 1. The molecule has 0 N–H and O–H groups in total. The maximum Gasteiger partial charge on any atom is 0.158 e. The minimum absolute atomic E-state index is 0.00907. The Kier molecular flexibility index (Phi) is 2.62. The molecule has 70 valence electrons. The quantitative estimate of drug-likeness (QED) is 0.692. The first-order chi connectivity index (χ1) is 6.40. The summed E-state index contributed by atoms with van der Waals surface area (Å²) in [6.45, 7) is 0. The van der Waals surface area contributed by atoms with E-state index < -0.39 is 0 Å². The van der Waals surface area contributed by atoms with Crippen LogP contribution in [0.2, 0.25) is 0 Å². The Morgan fingerprint density at radius 2 is 2.00 bits per heavy atom. The largest absolute Gasteiger partial charge is 0.356 e. The second-order valence-electron chi connectivity index (χ2n) is 3.28. The highest BCUT2D eigenvalue weighted by Gasteiger charge is 2.25. The fourth-order valence-electron chi connectivity index (χ4n) is 1.69. The van der Waals surface area contributed by atoms with Crippen molar-refractivity contribution in [3.05, 3.63) is 35.9 Å². The normalized spacial score (nSPS) is 27.8. The highest BCUT2D eigenvalue weighted by Crippen LogP contribution is 2.32. The van der Waals surface area contributed by atoms with E-state index in [1.165, 1.54) is 5.56 Å². The van der Waals surface area contributed by atoms with Gasteiger partial charge in [0.15, 0.2) is 6.29 Å². The fourth-order valence-corrected chi connectivity index (χ4v) is 1.69. The maximum atomic E-state index is 5.67. The Labute approximate surface area is 78.5 Å². The van der Waals surface area contributed by atoms with Gasteiger partial charge < -0.3 is 9.47 Å². The molecule has 1 aromatic carbocycles. The maximum absolute atomic E-state index is 5.67. The summed E-state index contributed by atoms with van der Waals surface area (Å²) in [5.74, 6) is 0. The van der Waals surface area contributed by atoms with Crippen LogP contribution in [-0.4, -0.2) is 13.4 Å². The van der Waals surface area contributed by atoms with E-state index in [0.29, 0.717) is 0 Å².